The number of benzene rings is 2. The lowest BCUT2D eigenvalue weighted by Gasteiger charge is -2.41. The number of carbonyl (C=O) groups excluding carboxylic acids is 1. The third-order valence-corrected chi connectivity index (χ3v) is 5.81. The highest BCUT2D eigenvalue weighted by atomic mass is 79.9. The van der Waals surface area contributed by atoms with Crippen LogP contribution in [0.3, 0.4) is 0 Å². The first-order chi connectivity index (χ1) is 12.3. The highest BCUT2D eigenvalue weighted by Crippen LogP contribution is 2.35. The SMILES string of the molecule is CCOc1ccc(C(=O)Nc2ccc3c(c2)C(C)(C)N(C)CC3)cc1Br. The van der Waals surface area contributed by atoms with E-state index in [9.17, 15) is 4.79 Å². The molecule has 0 bridgehead atoms. The Labute approximate surface area is 163 Å². The van der Waals surface area contributed by atoms with Crippen molar-refractivity contribution >= 4 is 27.5 Å². The van der Waals surface area contributed by atoms with Crippen molar-refractivity contribution in [3.8, 4) is 5.75 Å². The van der Waals surface area contributed by atoms with Gasteiger partial charge in [0.25, 0.3) is 5.91 Å². The quantitative estimate of drug-likeness (QED) is 0.776. The minimum Gasteiger partial charge on any atom is -0.493 e. The Bertz CT molecular complexity index is 833. The predicted octanol–water partition coefficient (Wildman–Crippen LogP) is 4.82. The molecule has 0 spiro atoms. The molecule has 0 saturated carbocycles. The van der Waals surface area contributed by atoms with E-state index in [2.05, 4.69) is 59.2 Å². The first kappa shape index (κ1) is 18.9. The van der Waals surface area contributed by atoms with Gasteiger partial charge in [-0.3, -0.25) is 9.69 Å². The summed E-state index contributed by atoms with van der Waals surface area (Å²) in [6.07, 6.45) is 1.04. The van der Waals surface area contributed by atoms with Gasteiger partial charge in [-0.2, -0.15) is 0 Å². The van der Waals surface area contributed by atoms with Crippen LogP contribution < -0.4 is 10.1 Å². The van der Waals surface area contributed by atoms with Gasteiger partial charge < -0.3 is 10.1 Å². The maximum atomic E-state index is 12.6. The summed E-state index contributed by atoms with van der Waals surface area (Å²) in [5, 5.41) is 3.02. The van der Waals surface area contributed by atoms with Gasteiger partial charge >= 0.3 is 0 Å². The number of likely N-dealkylation sites (N-methyl/N-ethyl adjacent to an activating group) is 1. The fraction of sp³-hybridized carbons (Fsp3) is 0.381. The predicted molar refractivity (Wildman–Crippen MR) is 109 cm³/mol. The third-order valence-electron chi connectivity index (χ3n) is 5.19. The number of nitrogens with zero attached hydrogens (tertiary/aromatic N) is 1. The molecule has 0 fully saturated rings. The molecule has 3 rings (SSSR count). The Morgan fingerprint density at radius 2 is 2.04 bits per heavy atom. The summed E-state index contributed by atoms with van der Waals surface area (Å²) in [6.45, 7) is 8.01. The summed E-state index contributed by atoms with van der Waals surface area (Å²) in [6, 6.07) is 11.6. The van der Waals surface area contributed by atoms with E-state index in [0.717, 1.165) is 28.9 Å². The monoisotopic (exact) mass is 416 g/mol. The lowest BCUT2D eigenvalue weighted by Crippen LogP contribution is -2.44. The molecule has 1 aliphatic heterocycles. The number of carbonyl (C=O) groups is 1. The number of hydrogen-bond acceptors (Lipinski definition) is 3. The lowest BCUT2D eigenvalue weighted by atomic mass is 9.83. The van der Waals surface area contributed by atoms with Crippen LogP contribution in [-0.4, -0.2) is 31.0 Å². The maximum absolute atomic E-state index is 12.6. The van der Waals surface area contributed by atoms with Gasteiger partial charge in [0.2, 0.25) is 0 Å². The van der Waals surface area contributed by atoms with Crippen LogP contribution in [0.25, 0.3) is 0 Å². The molecule has 0 unspecified atom stereocenters. The third kappa shape index (κ3) is 3.64. The second-order valence-electron chi connectivity index (χ2n) is 7.13. The second-order valence-corrected chi connectivity index (χ2v) is 7.99. The molecule has 0 aliphatic carbocycles. The van der Waals surface area contributed by atoms with Crippen LogP contribution in [0, 0.1) is 0 Å². The average Bonchev–Trinajstić information content (AvgIpc) is 2.61. The number of fused-ring (bicyclic) bond motifs is 1. The van der Waals surface area contributed by atoms with E-state index >= 15 is 0 Å². The molecule has 1 heterocycles. The largest absolute Gasteiger partial charge is 0.493 e. The van der Waals surface area contributed by atoms with Gasteiger partial charge in [-0.1, -0.05) is 6.07 Å². The zero-order valence-corrected chi connectivity index (χ0v) is 17.3. The van der Waals surface area contributed by atoms with E-state index in [0.29, 0.717) is 12.2 Å². The molecule has 0 atom stereocenters. The van der Waals surface area contributed by atoms with Gasteiger partial charge in [-0.05, 0) is 91.6 Å². The van der Waals surface area contributed by atoms with Crippen LogP contribution in [0.1, 0.15) is 42.3 Å². The zero-order valence-electron chi connectivity index (χ0n) is 15.7. The number of rotatable bonds is 4. The van der Waals surface area contributed by atoms with E-state index < -0.39 is 0 Å². The van der Waals surface area contributed by atoms with Crippen molar-refractivity contribution in [2.24, 2.45) is 0 Å². The molecule has 1 aliphatic rings. The summed E-state index contributed by atoms with van der Waals surface area (Å²) in [4.78, 5) is 15.0. The van der Waals surface area contributed by atoms with Gasteiger partial charge in [0, 0.05) is 23.3 Å². The summed E-state index contributed by atoms with van der Waals surface area (Å²) in [5.74, 6) is 0.610. The number of anilines is 1. The molecule has 0 radical (unpaired) electrons. The van der Waals surface area contributed by atoms with Gasteiger partial charge in [0.1, 0.15) is 5.75 Å². The average molecular weight is 417 g/mol. The van der Waals surface area contributed by atoms with Crippen LogP contribution in [0.15, 0.2) is 40.9 Å². The molecular weight excluding hydrogens is 392 g/mol. The van der Waals surface area contributed by atoms with Crippen molar-refractivity contribution in [1.82, 2.24) is 4.90 Å². The number of nitrogens with one attached hydrogen (secondary N) is 1. The van der Waals surface area contributed by atoms with Crippen molar-refractivity contribution in [3.05, 3.63) is 57.6 Å². The molecule has 1 amide bonds. The van der Waals surface area contributed by atoms with Crippen molar-refractivity contribution in [1.29, 1.82) is 0 Å². The smallest absolute Gasteiger partial charge is 0.255 e. The van der Waals surface area contributed by atoms with Crippen LogP contribution in [-0.2, 0) is 12.0 Å². The van der Waals surface area contributed by atoms with Crippen molar-refractivity contribution in [3.63, 3.8) is 0 Å². The summed E-state index contributed by atoms with van der Waals surface area (Å²) < 4.78 is 6.28. The van der Waals surface area contributed by atoms with E-state index in [1.165, 1.54) is 11.1 Å². The normalized spacial score (nSPS) is 16.0. The number of amides is 1. The zero-order chi connectivity index (χ0) is 18.9. The molecular formula is C21H25BrN2O2. The van der Waals surface area contributed by atoms with Crippen molar-refractivity contribution in [2.75, 3.05) is 25.5 Å². The molecule has 2 aromatic rings. The number of halogens is 1. The topological polar surface area (TPSA) is 41.6 Å². The van der Waals surface area contributed by atoms with Crippen LogP contribution in [0.5, 0.6) is 5.75 Å². The molecule has 0 aromatic heterocycles. The minimum absolute atomic E-state index is 0.0451. The maximum Gasteiger partial charge on any atom is 0.255 e. The van der Waals surface area contributed by atoms with E-state index in [1.54, 1.807) is 12.1 Å². The number of hydrogen-bond donors (Lipinski definition) is 1. The Morgan fingerprint density at radius 3 is 2.73 bits per heavy atom. The van der Waals surface area contributed by atoms with Gasteiger partial charge in [0.05, 0.1) is 11.1 Å². The molecule has 138 valence electrons. The highest BCUT2D eigenvalue weighted by molar-refractivity contribution is 9.10. The van der Waals surface area contributed by atoms with E-state index in [-0.39, 0.29) is 11.4 Å². The summed E-state index contributed by atoms with van der Waals surface area (Å²) >= 11 is 3.46. The van der Waals surface area contributed by atoms with Gasteiger partial charge in [-0.25, -0.2) is 0 Å². The summed E-state index contributed by atoms with van der Waals surface area (Å²) in [7, 11) is 2.14. The van der Waals surface area contributed by atoms with E-state index in [1.807, 2.05) is 19.1 Å². The summed E-state index contributed by atoms with van der Waals surface area (Å²) in [5.41, 5.74) is 4.00. The second kappa shape index (κ2) is 7.41. The molecule has 5 heteroatoms. The molecule has 2 aromatic carbocycles. The van der Waals surface area contributed by atoms with Gasteiger partial charge in [-0.15, -0.1) is 0 Å². The van der Waals surface area contributed by atoms with E-state index in [4.69, 9.17) is 4.74 Å². The molecule has 0 saturated heterocycles. The van der Waals surface area contributed by atoms with Crippen LogP contribution >= 0.6 is 15.9 Å². The Kier molecular flexibility index (Phi) is 5.39. The highest BCUT2D eigenvalue weighted by Gasteiger charge is 2.32. The molecule has 1 N–H and O–H groups in total. The van der Waals surface area contributed by atoms with Crippen LogP contribution in [0.4, 0.5) is 5.69 Å². The van der Waals surface area contributed by atoms with Crippen LogP contribution in [0.2, 0.25) is 0 Å². The standard InChI is InChI=1S/C21H25BrN2O2/c1-5-26-19-9-7-15(12-18(19)22)20(25)23-16-8-6-14-10-11-24(4)21(2,3)17(14)13-16/h6-9,12-13H,5,10-11H2,1-4H3,(H,23,25). The van der Waals surface area contributed by atoms with Crippen molar-refractivity contribution < 1.29 is 9.53 Å². The Morgan fingerprint density at radius 1 is 1.27 bits per heavy atom. The molecule has 26 heavy (non-hydrogen) atoms. The fourth-order valence-corrected chi connectivity index (χ4v) is 3.83. The Balaban J connectivity index is 1.82. The lowest BCUT2D eigenvalue weighted by molar-refractivity contribution is 0.102. The van der Waals surface area contributed by atoms with Crippen molar-refractivity contribution in [2.45, 2.75) is 32.7 Å². The first-order valence-electron chi connectivity index (χ1n) is 8.91. The first-order valence-corrected chi connectivity index (χ1v) is 9.70. The minimum atomic E-state index is -0.129. The fourth-order valence-electron chi connectivity index (χ4n) is 3.33. The molecule has 4 nitrogen and oxygen atoms in total. The van der Waals surface area contributed by atoms with Gasteiger partial charge in [0.15, 0.2) is 0 Å². The number of ether oxygens (including phenoxy) is 1. The Hall–Kier alpha value is -1.85.